The van der Waals surface area contributed by atoms with Gasteiger partial charge in [-0.3, -0.25) is 4.90 Å². The normalized spacial score (nSPS) is 18.7. The molecule has 1 aliphatic heterocycles. The molecule has 0 saturated heterocycles. The topological polar surface area (TPSA) is 32.5 Å². The minimum atomic E-state index is 0.624. The molecule has 0 radical (unpaired) electrons. The molecule has 2 rings (SSSR count). The van der Waals surface area contributed by atoms with Gasteiger partial charge in [-0.2, -0.15) is 0 Å². The highest BCUT2D eigenvalue weighted by Crippen LogP contribution is 2.33. The summed E-state index contributed by atoms with van der Waals surface area (Å²) < 4.78 is 0. The quantitative estimate of drug-likeness (QED) is 0.827. The van der Waals surface area contributed by atoms with Crippen molar-refractivity contribution in [3.05, 3.63) is 23.8 Å². The van der Waals surface area contributed by atoms with E-state index in [1.165, 1.54) is 37.2 Å². The molecule has 3 nitrogen and oxygen atoms in total. The lowest BCUT2D eigenvalue weighted by Crippen LogP contribution is -2.48. The number of hydrogen-bond donors (Lipinski definition) is 1. The third-order valence-electron chi connectivity index (χ3n) is 4.01. The average Bonchev–Trinajstić information content (AvgIpc) is 2.38. The Balaban J connectivity index is 2.19. The number of anilines is 2. The third kappa shape index (κ3) is 3.03. The fourth-order valence-electron chi connectivity index (χ4n) is 3.26. The monoisotopic (exact) mass is 261 g/mol. The first kappa shape index (κ1) is 14.2. The number of benzene rings is 1. The molecule has 1 unspecified atom stereocenters. The van der Waals surface area contributed by atoms with Crippen LogP contribution in [0, 0.1) is 0 Å². The Morgan fingerprint density at radius 2 is 1.95 bits per heavy atom. The van der Waals surface area contributed by atoms with Crippen LogP contribution in [0.15, 0.2) is 18.2 Å². The van der Waals surface area contributed by atoms with Crippen LogP contribution in [0.5, 0.6) is 0 Å². The standard InChI is InChI=1S/C16H27N3/c1-4-9-19(10-5-2)14-11-13-7-6-8-15(17)16(13)18(3)12-14/h6-8,14H,4-5,9-12,17H2,1-3H3. The Kier molecular flexibility index (Phi) is 4.70. The molecule has 106 valence electrons. The van der Waals surface area contributed by atoms with E-state index in [0.717, 1.165) is 18.7 Å². The molecule has 0 fully saturated rings. The van der Waals surface area contributed by atoms with Gasteiger partial charge in [0.1, 0.15) is 0 Å². The number of hydrogen-bond acceptors (Lipinski definition) is 3. The molecule has 0 saturated carbocycles. The first-order chi connectivity index (χ1) is 9.17. The first-order valence-electron chi connectivity index (χ1n) is 7.49. The van der Waals surface area contributed by atoms with Crippen molar-refractivity contribution in [2.45, 2.75) is 39.2 Å². The summed E-state index contributed by atoms with van der Waals surface area (Å²) in [6.07, 6.45) is 3.58. The molecular formula is C16H27N3. The Bertz CT molecular complexity index is 410. The van der Waals surface area contributed by atoms with Crippen LogP contribution >= 0.6 is 0 Å². The molecule has 1 heterocycles. The molecular weight excluding hydrogens is 234 g/mol. The number of nitrogens with zero attached hydrogens (tertiary/aromatic N) is 2. The SMILES string of the molecule is CCCN(CCC)C1Cc2cccc(N)c2N(C)C1. The van der Waals surface area contributed by atoms with E-state index in [1.807, 2.05) is 6.07 Å². The summed E-state index contributed by atoms with van der Waals surface area (Å²) in [5.74, 6) is 0. The molecule has 1 atom stereocenters. The third-order valence-corrected chi connectivity index (χ3v) is 4.01. The van der Waals surface area contributed by atoms with Crippen LogP contribution < -0.4 is 10.6 Å². The van der Waals surface area contributed by atoms with Crippen LogP contribution in [-0.4, -0.2) is 37.6 Å². The van der Waals surface area contributed by atoms with Gasteiger partial charge in [0.2, 0.25) is 0 Å². The minimum absolute atomic E-state index is 0.624. The van der Waals surface area contributed by atoms with Crippen molar-refractivity contribution in [2.75, 3.05) is 37.3 Å². The smallest absolute Gasteiger partial charge is 0.0631 e. The number of likely N-dealkylation sites (N-methyl/N-ethyl adjacent to an activating group) is 1. The van der Waals surface area contributed by atoms with Crippen molar-refractivity contribution < 1.29 is 0 Å². The van der Waals surface area contributed by atoms with Crippen LogP contribution in [-0.2, 0) is 6.42 Å². The number of para-hydroxylation sites is 1. The summed E-state index contributed by atoms with van der Waals surface area (Å²) in [4.78, 5) is 4.97. The lowest BCUT2D eigenvalue weighted by molar-refractivity contribution is 0.194. The maximum atomic E-state index is 6.12. The van der Waals surface area contributed by atoms with Crippen LogP contribution in [0.4, 0.5) is 11.4 Å². The van der Waals surface area contributed by atoms with Gasteiger partial charge in [-0.25, -0.2) is 0 Å². The lowest BCUT2D eigenvalue weighted by Gasteiger charge is -2.40. The summed E-state index contributed by atoms with van der Waals surface area (Å²) in [5, 5.41) is 0. The second-order valence-electron chi connectivity index (χ2n) is 5.63. The van der Waals surface area contributed by atoms with Gasteiger partial charge in [-0.1, -0.05) is 26.0 Å². The van der Waals surface area contributed by atoms with Gasteiger partial charge < -0.3 is 10.6 Å². The van der Waals surface area contributed by atoms with E-state index in [9.17, 15) is 0 Å². The van der Waals surface area contributed by atoms with E-state index >= 15 is 0 Å². The molecule has 1 aliphatic rings. The zero-order chi connectivity index (χ0) is 13.8. The fraction of sp³-hybridized carbons (Fsp3) is 0.625. The molecule has 0 aliphatic carbocycles. The Morgan fingerprint density at radius 1 is 1.26 bits per heavy atom. The highest BCUT2D eigenvalue weighted by Gasteiger charge is 2.27. The first-order valence-corrected chi connectivity index (χ1v) is 7.49. The predicted molar refractivity (Wildman–Crippen MR) is 83.8 cm³/mol. The molecule has 3 heteroatoms. The van der Waals surface area contributed by atoms with Crippen molar-refractivity contribution in [1.29, 1.82) is 0 Å². The molecule has 19 heavy (non-hydrogen) atoms. The largest absolute Gasteiger partial charge is 0.397 e. The second-order valence-corrected chi connectivity index (χ2v) is 5.63. The number of nitrogens with two attached hydrogens (primary N) is 1. The zero-order valence-corrected chi connectivity index (χ0v) is 12.5. The van der Waals surface area contributed by atoms with E-state index in [-0.39, 0.29) is 0 Å². The van der Waals surface area contributed by atoms with Crippen LogP contribution in [0.25, 0.3) is 0 Å². The Hall–Kier alpha value is -1.22. The van der Waals surface area contributed by atoms with Crippen molar-refractivity contribution in [2.24, 2.45) is 0 Å². The van der Waals surface area contributed by atoms with Crippen LogP contribution in [0.3, 0.4) is 0 Å². The Labute approximate surface area is 117 Å². The van der Waals surface area contributed by atoms with Gasteiger partial charge in [0, 0.05) is 19.6 Å². The molecule has 2 N–H and O–H groups in total. The lowest BCUT2D eigenvalue weighted by atomic mass is 9.96. The predicted octanol–water partition coefficient (Wildman–Crippen LogP) is 2.75. The Morgan fingerprint density at radius 3 is 2.58 bits per heavy atom. The van der Waals surface area contributed by atoms with E-state index in [1.54, 1.807) is 0 Å². The van der Waals surface area contributed by atoms with Crippen molar-refractivity contribution in [3.63, 3.8) is 0 Å². The number of fused-ring (bicyclic) bond motifs is 1. The maximum Gasteiger partial charge on any atom is 0.0631 e. The molecule has 1 aromatic rings. The van der Waals surface area contributed by atoms with Gasteiger partial charge in [0.05, 0.1) is 11.4 Å². The number of rotatable bonds is 5. The zero-order valence-electron chi connectivity index (χ0n) is 12.5. The second kappa shape index (κ2) is 6.29. The van der Waals surface area contributed by atoms with Crippen molar-refractivity contribution in [3.8, 4) is 0 Å². The summed E-state index contributed by atoms with van der Waals surface area (Å²) in [6.45, 7) is 8.01. The fourth-order valence-corrected chi connectivity index (χ4v) is 3.26. The summed E-state index contributed by atoms with van der Waals surface area (Å²) >= 11 is 0. The van der Waals surface area contributed by atoms with E-state index < -0.39 is 0 Å². The minimum Gasteiger partial charge on any atom is -0.397 e. The van der Waals surface area contributed by atoms with Crippen molar-refractivity contribution >= 4 is 11.4 Å². The summed E-state index contributed by atoms with van der Waals surface area (Å²) in [6, 6.07) is 6.93. The van der Waals surface area contributed by atoms with E-state index in [2.05, 4.69) is 42.8 Å². The maximum absolute atomic E-state index is 6.12. The van der Waals surface area contributed by atoms with Crippen LogP contribution in [0.2, 0.25) is 0 Å². The van der Waals surface area contributed by atoms with E-state index in [4.69, 9.17) is 5.73 Å². The number of nitrogen functional groups attached to an aromatic ring is 1. The van der Waals surface area contributed by atoms with Gasteiger partial charge in [-0.15, -0.1) is 0 Å². The summed E-state index contributed by atoms with van der Waals surface area (Å²) in [5.41, 5.74) is 9.67. The molecule has 0 aromatic heterocycles. The van der Waals surface area contributed by atoms with Crippen molar-refractivity contribution in [1.82, 2.24) is 4.90 Å². The molecule has 1 aromatic carbocycles. The van der Waals surface area contributed by atoms with E-state index in [0.29, 0.717) is 6.04 Å². The highest BCUT2D eigenvalue weighted by molar-refractivity contribution is 5.72. The van der Waals surface area contributed by atoms with Gasteiger partial charge in [0.15, 0.2) is 0 Å². The molecule has 0 bridgehead atoms. The summed E-state index contributed by atoms with van der Waals surface area (Å²) in [7, 11) is 2.16. The van der Waals surface area contributed by atoms with Gasteiger partial charge in [0.25, 0.3) is 0 Å². The highest BCUT2D eigenvalue weighted by atomic mass is 15.2. The molecule has 0 spiro atoms. The average molecular weight is 261 g/mol. The van der Waals surface area contributed by atoms with Gasteiger partial charge >= 0.3 is 0 Å². The van der Waals surface area contributed by atoms with Gasteiger partial charge in [-0.05, 0) is 44.0 Å². The molecule has 0 amide bonds. The van der Waals surface area contributed by atoms with Crippen LogP contribution in [0.1, 0.15) is 32.3 Å².